The normalized spacial score (nSPS) is 10.4. The molecule has 0 aromatic heterocycles. The predicted octanol–water partition coefficient (Wildman–Crippen LogP) is 4.78. The van der Waals surface area contributed by atoms with Crippen LogP contribution in [0, 0.1) is 0 Å². The van der Waals surface area contributed by atoms with Crippen LogP contribution in [0.3, 0.4) is 0 Å². The summed E-state index contributed by atoms with van der Waals surface area (Å²) < 4.78 is 32.6. The molecular formula is C20H44O6Si2. The van der Waals surface area contributed by atoms with E-state index in [4.69, 9.17) is 26.6 Å². The molecular weight excluding hydrogens is 392 g/mol. The monoisotopic (exact) mass is 436 g/mol. The zero-order chi connectivity index (χ0) is 22.1. The molecule has 0 aliphatic carbocycles. The van der Waals surface area contributed by atoms with E-state index in [1.165, 1.54) is 0 Å². The number of hydrogen-bond acceptors (Lipinski definition) is 6. The quantitative estimate of drug-likeness (QED) is 0.197. The Hall–Kier alpha value is -0.586. The molecule has 0 N–H and O–H groups in total. The van der Waals surface area contributed by atoms with E-state index in [0.717, 1.165) is 12.5 Å². The van der Waals surface area contributed by atoms with Gasteiger partial charge in [0.25, 0.3) is 0 Å². The number of rotatable bonds is 16. The fraction of sp³-hybridized carbons (Fsp3) is 0.700. The van der Waals surface area contributed by atoms with Crippen LogP contribution in [0.1, 0.15) is 48.0 Å². The zero-order valence-electron chi connectivity index (χ0n) is 19.0. The van der Waals surface area contributed by atoms with Gasteiger partial charge in [0.05, 0.1) is 0 Å². The maximum absolute atomic E-state index is 5.66. The summed E-state index contributed by atoms with van der Waals surface area (Å²) in [5, 5.41) is 0. The summed E-state index contributed by atoms with van der Waals surface area (Å²) in [6, 6.07) is 0.825. The Morgan fingerprint density at radius 3 is 1.21 bits per heavy atom. The first-order valence-electron chi connectivity index (χ1n) is 10.1. The molecule has 0 saturated carbocycles. The molecule has 28 heavy (non-hydrogen) atoms. The van der Waals surface area contributed by atoms with Crippen LogP contribution in [0.2, 0.25) is 6.04 Å². The van der Waals surface area contributed by atoms with E-state index >= 15 is 0 Å². The lowest BCUT2D eigenvalue weighted by molar-refractivity contribution is 0.0716. The third-order valence-corrected chi connectivity index (χ3v) is 7.73. The van der Waals surface area contributed by atoms with E-state index in [9.17, 15) is 0 Å². The summed E-state index contributed by atoms with van der Waals surface area (Å²) in [5.74, 6) is 0. The standard InChI is InChI=1S/C10H22O3Si.C6H16O3Si.C4H6/c1-5-9-10-14(11-6-2,12-7-3)13-8-4;1-4-7-10(8-5-2)9-6-3;1-3-4-2/h5H,1,6-10H2,2-4H3;10H,4-6H2,1-3H3;3-4H,1-2H2. The lowest BCUT2D eigenvalue weighted by Crippen LogP contribution is -2.45. The molecule has 0 fully saturated rings. The van der Waals surface area contributed by atoms with Gasteiger partial charge in [-0.2, -0.15) is 0 Å². The van der Waals surface area contributed by atoms with E-state index in [-0.39, 0.29) is 0 Å². The Kier molecular flexibility index (Phi) is 30.3. The molecule has 0 bridgehead atoms. The van der Waals surface area contributed by atoms with Crippen LogP contribution < -0.4 is 0 Å². The Balaban J connectivity index is -0.000000388. The van der Waals surface area contributed by atoms with Crippen molar-refractivity contribution in [3.63, 3.8) is 0 Å². The molecule has 0 aromatic rings. The van der Waals surface area contributed by atoms with Gasteiger partial charge < -0.3 is 26.6 Å². The van der Waals surface area contributed by atoms with Gasteiger partial charge in [0.2, 0.25) is 0 Å². The molecule has 8 heteroatoms. The summed E-state index contributed by atoms with van der Waals surface area (Å²) in [7, 11) is -4.12. The second-order valence-corrected chi connectivity index (χ2v) is 9.24. The molecule has 0 heterocycles. The molecule has 6 nitrogen and oxygen atoms in total. The molecule has 0 unspecified atom stereocenters. The van der Waals surface area contributed by atoms with Crippen LogP contribution in [0.15, 0.2) is 38.0 Å². The van der Waals surface area contributed by atoms with E-state index < -0.39 is 18.3 Å². The molecule has 0 aromatic carbocycles. The minimum Gasteiger partial charge on any atom is -0.376 e. The van der Waals surface area contributed by atoms with Crippen LogP contribution >= 0.6 is 0 Å². The van der Waals surface area contributed by atoms with Crippen molar-refractivity contribution in [2.75, 3.05) is 39.6 Å². The van der Waals surface area contributed by atoms with Crippen molar-refractivity contribution in [1.29, 1.82) is 0 Å². The highest BCUT2D eigenvalue weighted by molar-refractivity contribution is 6.60. The summed E-state index contributed by atoms with van der Waals surface area (Å²) in [5.41, 5.74) is 0. The van der Waals surface area contributed by atoms with Gasteiger partial charge in [-0.15, -0.1) is 6.58 Å². The summed E-state index contributed by atoms with van der Waals surface area (Å²) in [6.07, 6.45) is 6.03. The maximum Gasteiger partial charge on any atom is 0.501 e. The van der Waals surface area contributed by atoms with Gasteiger partial charge in [-0.1, -0.05) is 31.4 Å². The van der Waals surface area contributed by atoms with Crippen molar-refractivity contribution in [2.24, 2.45) is 0 Å². The second-order valence-electron chi connectivity index (χ2n) is 4.94. The van der Waals surface area contributed by atoms with Gasteiger partial charge in [0, 0.05) is 45.7 Å². The largest absolute Gasteiger partial charge is 0.501 e. The molecule has 0 atom stereocenters. The highest BCUT2D eigenvalue weighted by atomic mass is 28.4. The molecule has 168 valence electrons. The topological polar surface area (TPSA) is 55.4 Å². The van der Waals surface area contributed by atoms with E-state index in [0.29, 0.717) is 39.6 Å². The first-order chi connectivity index (χ1) is 13.5. The minimum atomic E-state index is -2.39. The van der Waals surface area contributed by atoms with Crippen LogP contribution in [0.4, 0.5) is 0 Å². The molecule has 0 aliphatic heterocycles. The van der Waals surface area contributed by atoms with Crippen molar-refractivity contribution in [1.82, 2.24) is 0 Å². The van der Waals surface area contributed by atoms with Crippen LogP contribution in [0.5, 0.6) is 0 Å². The van der Waals surface area contributed by atoms with Gasteiger partial charge in [-0.25, -0.2) is 0 Å². The minimum absolute atomic E-state index is 0.642. The molecule has 0 rings (SSSR count). The zero-order valence-corrected chi connectivity index (χ0v) is 21.2. The highest BCUT2D eigenvalue weighted by Gasteiger charge is 2.39. The smallest absolute Gasteiger partial charge is 0.376 e. The Morgan fingerprint density at radius 2 is 1.00 bits per heavy atom. The first-order valence-corrected chi connectivity index (χ1v) is 13.5. The van der Waals surface area contributed by atoms with E-state index in [1.54, 1.807) is 12.2 Å². The lowest BCUT2D eigenvalue weighted by Gasteiger charge is -2.27. The fourth-order valence-electron chi connectivity index (χ4n) is 1.83. The van der Waals surface area contributed by atoms with Gasteiger partial charge in [0.1, 0.15) is 0 Å². The fourth-order valence-corrected chi connectivity index (χ4v) is 5.50. The second kappa shape index (κ2) is 26.4. The molecule has 0 amide bonds. The van der Waals surface area contributed by atoms with Crippen LogP contribution in [-0.2, 0) is 26.6 Å². The first kappa shape index (κ1) is 32.1. The van der Waals surface area contributed by atoms with Crippen LogP contribution in [0.25, 0.3) is 0 Å². The predicted molar refractivity (Wildman–Crippen MR) is 123 cm³/mol. The van der Waals surface area contributed by atoms with Crippen molar-refractivity contribution in [3.8, 4) is 0 Å². The van der Waals surface area contributed by atoms with Gasteiger partial charge in [-0.05, 0) is 48.0 Å². The Labute approximate surface area is 176 Å². The molecule has 0 saturated heterocycles. The molecule has 0 radical (unpaired) electrons. The lowest BCUT2D eigenvalue weighted by atomic mass is 10.5. The van der Waals surface area contributed by atoms with Gasteiger partial charge in [-0.3, -0.25) is 0 Å². The maximum atomic E-state index is 5.66. The average Bonchev–Trinajstić information content (AvgIpc) is 2.68. The molecule has 0 spiro atoms. The van der Waals surface area contributed by atoms with Gasteiger partial charge >= 0.3 is 18.3 Å². The summed E-state index contributed by atoms with van der Waals surface area (Å²) in [4.78, 5) is 0. The van der Waals surface area contributed by atoms with Crippen molar-refractivity contribution in [2.45, 2.75) is 54.0 Å². The van der Waals surface area contributed by atoms with Gasteiger partial charge in [0.15, 0.2) is 0 Å². The Morgan fingerprint density at radius 1 is 0.643 bits per heavy atom. The SMILES string of the molecule is C=CC=C.C=CCC[Si](OCC)(OCC)OCC.CCO[SiH](OCC)OCC. The van der Waals surface area contributed by atoms with Crippen molar-refractivity contribution >= 4 is 18.3 Å². The summed E-state index contributed by atoms with van der Waals surface area (Å²) >= 11 is 0. The average molecular weight is 437 g/mol. The molecule has 0 aliphatic rings. The third-order valence-electron chi connectivity index (χ3n) is 2.82. The Bertz CT molecular complexity index is 305. The van der Waals surface area contributed by atoms with Crippen molar-refractivity contribution < 1.29 is 26.6 Å². The van der Waals surface area contributed by atoms with E-state index in [1.807, 2.05) is 47.6 Å². The van der Waals surface area contributed by atoms with E-state index in [2.05, 4.69) is 19.7 Å². The summed E-state index contributed by atoms with van der Waals surface area (Å²) in [6.45, 7) is 26.1. The third kappa shape index (κ3) is 21.7. The number of hydrogen-bond donors (Lipinski definition) is 0. The number of allylic oxidation sites excluding steroid dienone is 3. The van der Waals surface area contributed by atoms with Crippen LogP contribution in [-0.4, -0.2) is 58.0 Å². The van der Waals surface area contributed by atoms with Crippen molar-refractivity contribution in [3.05, 3.63) is 38.0 Å². The highest BCUT2D eigenvalue weighted by Crippen LogP contribution is 2.18.